The zero-order chi connectivity index (χ0) is 17.0. The van der Waals surface area contributed by atoms with E-state index in [1.54, 1.807) is 0 Å². The Balaban J connectivity index is 1.98. The van der Waals surface area contributed by atoms with Crippen molar-refractivity contribution >= 4 is 6.03 Å². The van der Waals surface area contributed by atoms with Crippen LogP contribution in [0.4, 0.5) is 4.79 Å². The fraction of sp³-hybridized carbons (Fsp3) is 0.812. The number of nitrogens with zero attached hydrogens (tertiary/aromatic N) is 2. The lowest BCUT2D eigenvalue weighted by Gasteiger charge is -2.24. The molecule has 130 valence electrons. The van der Waals surface area contributed by atoms with Crippen LogP contribution in [-0.2, 0) is 0 Å². The minimum absolute atomic E-state index is 0.0468. The van der Waals surface area contributed by atoms with E-state index in [0.29, 0.717) is 18.2 Å². The first-order valence-electron chi connectivity index (χ1n) is 8.43. The summed E-state index contributed by atoms with van der Waals surface area (Å²) in [6, 6.07) is -0.670. The highest BCUT2D eigenvalue weighted by Crippen LogP contribution is 2.38. The van der Waals surface area contributed by atoms with Crippen molar-refractivity contribution in [1.29, 1.82) is 0 Å². The fourth-order valence-electron chi connectivity index (χ4n) is 2.46. The van der Waals surface area contributed by atoms with Gasteiger partial charge in [-0.3, -0.25) is 0 Å². The van der Waals surface area contributed by atoms with Crippen molar-refractivity contribution in [2.24, 2.45) is 11.8 Å². The average molecular weight is 324 g/mol. The van der Waals surface area contributed by atoms with Crippen molar-refractivity contribution in [3.8, 4) is 0 Å². The van der Waals surface area contributed by atoms with E-state index in [9.17, 15) is 4.79 Å². The fourth-order valence-corrected chi connectivity index (χ4v) is 2.46. The van der Waals surface area contributed by atoms with Crippen molar-refractivity contribution in [3.05, 3.63) is 11.7 Å². The van der Waals surface area contributed by atoms with Crippen molar-refractivity contribution in [2.75, 3.05) is 6.61 Å². The molecular weight excluding hydrogens is 296 g/mol. The summed E-state index contributed by atoms with van der Waals surface area (Å²) in [4.78, 5) is 16.7. The summed E-state index contributed by atoms with van der Waals surface area (Å²) in [6.45, 7) is 8.07. The Morgan fingerprint density at radius 3 is 2.48 bits per heavy atom. The number of aliphatic hydroxyl groups excluding tert-OH is 1. The van der Waals surface area contributed by atoms with Crippen LogP contribution in [0.3, 0.4) is 0 Å². The average Bonchev–Trinajstić information content (AvgIpc) is 3.22. The highest BCUT2D eigenvalue weighted by Gasteiger charge is 2.31. The Labute approximate surface area is 137 Å². The molecular formula is C16H28N4O3. The topological polar surface area (TPSA) is 100 Å². The van der Waals surface area contributed by atoms with Gasteiger partial charge in [-0.25, -0.2) is 4.79 Å². The zero-order valence-electron chi connectivity index (χ0n) is 14.4. The van der Waals surface area contributed by atoms with E-state index >= 15 is 0 Å². The van der Waals surface area contributed by atoms with E-state index in [1.165, 1.54) is 0 Å². The van der Waals surface area contributed by atoms with E-state index in [1.807, 2.05) is 27.7 Å². The number of hydrogen-bond donors (Lipinski definition) is 3. The second-order valence-corrected chi connectivity index (χ2v) is 6.97. The van der Waals surface area contributed by atoms with Crippen LogP contribution in [-0.4, -0.2) is 33.9 Å². The van der Waals surface area contributed by atoms with Crippen LogP contribution in [0.1, 0.15) is 70.6 Å². The molecule has 2 atom stereocenters. The van der Waals surface area contributed by atoms with Crippen molar-refractivity contribution in [2.45, 2.75) is 65.0 Å². The Bertz CT molecular complexity index is 511. The quantitative estimate of drug-likeness (QED) is 0.681. The lowest BCUT2D eigenvalue weighted by molar-refractivity contribution is 0.208. The first kappa shape index (κ1) is 17.7. The lowest BCUT2D eigenvalue weighted by Crippen LogP contribution is -2.46. The third-order valence-corrected chi connectivity index (χ3v) is 4.18. The third-order valence-electron chi connectivity index (χ3n) is 4.18. The molecule has 0 aromatic carbocycles. The molecule has 1 aromatic heterocycles. The Morgan fingerprint density at radius 2 is 1.96 bits per heavy atom. The molecule has 0 saturated heterocycles. The second-order valence-electron chi connectivity index (χ2n) is 6.97. The number of carbonyl (C=O) groups is 1. The molecule has 2 amide bonds. The number of aliphatic hydroxyl groups is 1. The van der Waals surface area contributed by atoms with Crippen LogP contribution in [0.15, 0.2) is 4.52 Å². The van der Waals surface area contributed by atoms with E-state index in [2.05, 4.69) is 20.8 Å². The molecule has 1 aromatic rings. The highest BCUT2D eigenvalue weighted by molar-refractivity contribution is 5.74. The molecule has 2 unspecified atom stereocenters. The van der Waals surface area contributed by atoms with E-state index in [-0.39, 0.29) is 36.6 Å². The van der Waals surface area contributed by atoms with Crippen LogP contribution < -0.4 is 10.6 Å². The Morgan fingerprint density at radius 1 is 1.26 bits per heavy atom. The molecule has 1 aliphatic carbocycles. The monoisotopic (exact) mass is 324 g/mol. The first-order valence-corrected chi connectivity index (χ1v) is 8.43. The minimum atomic E-state index is -0.322. The highest BCUT2D eigenvalue weighted by atomic mass is 16.5. The standard InChI is InChI=1S/C16H28N4O3/c1-9(2)12(7-8-21)17-16(22)18-13(10(3)4)15-19-14(20-23-15)11-5-6-11/h9-13,21H,5-8H2,1-4H3,(H2,17,18,22). The predicted molar refractivity (Wildman–Crippen MR) is 85.8 cm³/mol. The van der Waals surface area contributed by atoms with Crippen LogP contribution in [0.2, 0.25) is 0 Å². The molecule has 0 bridgehead atoms. The normalized spacial score (nSPS) is 17.3. The predicted octanol–water partition coefficient (Wildman–Crippen LogP) is 2.35. The molecule has 0 aliphatic heterocycles. The van der Waals surface area contributed by atoms with Gasteiger partial charge in [0.15, 0.2) is 5.82 Å². The smallest absolute Gasteiger partial charge is 0.315 e. The number of nitrogens with one attached hydrogen (secondary N) is 2. The van der Waals surface area contributed by atoms with Crippen LogP contribution in [0.5, 0.6) is 0 Å². The Hall–Kier alpha value is -1.63. The van der Waals surface area contributed by atoms with Gasteiger partial charge in [-0.2, -0.15) is 4.98 Å². The second kappa shape index (κ2) is 7.77. The SMILES string of the molecule is CC(C)C(CCO)NC(=O)NC(c1nc(C2CC2)no1)C(C)C. The molecule has 7 nitrogen and oxygen atoms in total. The molecule has 23 heavy (non-hydrogen) atoms. The Kier molecular flexibility index (Phi) is 5.98. The van der Waals surface area contributed by atoms with Gasteiger partial charge in [0.1, 0.15) is 6.04 Å². The summed E-state index contributed by atoms with van der Waals surface area (Å²) in [7, 11) is 0. The third kappa shape index (κ3) is 4.92. The molecule has 3 N–H and O–H groups in total. The van der Waals surface area contributed by atoms with Crippen molar-refractivity contribution < 1.29 is 14.4 Å². The molecule has 1 saturated carbocycles. The zero-order valence-corrected chi connectivity index (χ0v) is 14.4. The van der Waals surface area contributed by atoms with Gasteiger partial charge in [-0.05, 0) is 31.1 Å². The van der Waals surface area contributed by atoms with E-state index in [4.69, 9.17) is 9.63 Å². The molecule has 0 spiro atoms. The van der Waals surface area contributed by atoms with Gasteiger partial charge in [-0.15, -0.1) is 0 Å². The maximum Gasteiger partial charge on any atom is 0.315 e. The van der Waals surface area contributed by atoms with Crippen LogP contribution in [0.25, 0.3) is 0 Å². The number of rotatable bonds is 8. The maximum atomic E-state index is 12.3. The molecule has 7 heteroatoms. The number of aromatic nitrogens is 2. The minimum Gasteiger partial charge on any atom is -0.396 e. The van der Waals surface area contributed by atoms with Gasteiger partial charge in [0.2, 0.25) is 5.89 Å². The molecule has 1 heterocycles. The van der Waals surface area contributed by atoms with Gasteiger partial charge in [0, 0.05) is 18.6 Å². The van der Waals surface area contributed by atoms with Gasteiger partial charge in [0.05, 0.1) is 0 Å². The number of hydrogen-bond acceptors (Lipinski definition) is 5. The molecule has 0 radical (unpaired) electrons. The van der Waals surface area contributed by atoms with Crippen molar-refractivity contribution in [3.63, 3.8) is 0 Å². The largest absolute Gasteiger partial charge is 0.396 e. The van der Waals surface area contributed by atoms with Gasteiger partial charge in [-0.1, -0.05) is 32.9 Å². The first-order chi connectivity index (χ1) is 10.9. The number of urea groups is 1. The maximum absolute atomic E-state index is 12.3. The summed E-state index contributed by atoms with van der Waals surface area (Å²) < 4.78 is 5.35. The number of carbonyl (C=O) groups excluding carboxylic acids is 1. The molecule has 1 aliphatic rings. The summed E-state index contributed by atoms with van der Waals surface area (Å²) >= 11 is 0. The lowest BCUT2D eigenvalue weighted by atomic mass is 10.0. The van der Waals surface area contributed by atoms with Gasteiger partial charge in [0.25, 0.3) is 0 Å². The van der Waals surface area contributed by atoms with E-state index in [0.717, 1.165) is 18.7 Å². The van der Waals surface area contributed by atoms with Crippen LogP contribution >= 0.6 is 0 Å². The van der Waals surface area contributed by atoms with Crippen LogP contribution in [0, 0.1) is 11.8 Å². The van der Waals surface area contributed by atoms with Gasteiger partial charge >= 0.3 is 6.03 Å². The molecule has 2 rings (SSSR count). The summed E-state index contributed by atoms with van der Waals surface area (Å²) in [5.74, 6) is 2.00. The van der Waals surface area contributed by atoms with Crippen molar-refractivity contribution in [1.82, 2.24) is 20.8 Å². The number of amides is 2. The molecule has 1 fully saturated rings. The van der Waals surface area contributed by atoms with Gasteiger partial charge < -0.3 is 20.3 Å². The van der Waals surface area contributed by atoms with E-state index < -0.39 is 0 Å². The summed E-state index contributed by atoms with van der Waals surface area (Å²) in [5, 5.41) is 19.0. The summed E-state index contributed by atoms with van der Waals surface area (Å²) in [5.41, 5.74) is 0. The summed E-state index contributed by atoms with van der Waals surface area (Å²) in [6.07, 6.45) is 2.75.